The van der Waals surface area contributed by atoms with Crippen LogP contribution in [0, 0.1) is 11.8 Å². The molecule has 0 heterocycles. The first kappa shape index (κ1) is 12.2. The summed E-state index contributed by atoms with van der Waals surface area (Å²) in [5.74, 6) is 6.04. The Kier molecular flexibility index (Phi) is 4.19. The lowest BCUT2D eigenvalue weighted by Gasteiger charge is -2.26. The van der Waals surface area contributed by atoms with Gasteiger partial charge in [0.1, 0.15) is 0 Å². The summed E-state index contributed by atoms with van der Waals surface area (Å²) in [5.41, 5.74) is 2.86. The monoisotopic (exact) mass is 229 g/mol. The molecule has 0 saturated carbocycles. The molecule has 1 aliphatic carbocycles. The van der Waals surface area contributed by atoms with Gasteiger partial charge in [-0.1, -0.05) is 30.2 Å². The van der Waals surface area contributed by atoms with Crippen molar-refractivity contribution >= 4 is 0 Å². The fourth-order valence-electron chi connectivity index (χ4n) is 2.57. The molecule has 2 rings (SSSR count). The van der Waals surface area contributed by atoms with E-state index in [1.807, 2.05) is 6.92 Å². The molecule has 0 aromatic heterocycles. The molecule has 1 unspecified atom stereocenters. The third-order valence-corrected chi connectivity index (χ3v) is 3.39. The summed E-state index contributed by atoms with van der Waals surface area (Å²) in [6.45, 7) is 3.51. The molecule has 1 atom stereocenters. The summed E-state index contributed by atoms with van der Waals surface area (Å²) in [6.07, 6.45) is 2.28. The highest BCUT2D eigenvalue weighted by molar-refractivity contribution is 5.34. The number of hydrogen-bond donors (Lipinski definition) is 1. The molecule has 0 bridgehead atoms. The Labute approximate surface area is 103 Å². The molecule has 1 aromatic rings. The number of nitrogens with zero attached hydrogens (tertiary/aromatic N) is 1. The first-order chi connectivity index (χ1) is 8.36. The lowest BCUT2D eigenvalue weighted by Crippen LogP contribution is -2.30. The normalized spacial score (nSPS) is 17.7. The van der Waals surface area contributed by atoms with E-state index in [2.05, 4.69) is 41.0 Å². The Morgan fingerprint density at radius 1 is 1.41 bits per heavy atom. The van der Waals surface area contributed by atoms with Crippen LogP contribution >= 0.6 is 0 Å². The number of fused-ring (bicyclic) bond motifs is 1. The minimum absolute atomic E-state index is 0.198. The molecule has 0 spiro atoms. The number of benzene rings is 1. The fraction of sp³-hybridized carbons (Fsp3) is 0.467. The van der Waals surface area contributed by atoms with Gasteiger partial charge in [-0.05, 0) is 30.9 Å². The van der Waals surface area contributed by atoms with Gasteiger partial charge in [0, 0.05) is 12.6 Å². The van der Waals surface area contributed by atoms with E-state index in [9.17, 15) is 0 Å². The average Bonchev–Trinajstić information content (AvgIpc) is 2.78. The van der Waals surface area contributed by atoms with Crippen LogP contribution in [0.3, 0.4) is 0 Å². The van der Waals surface area contributed by atoms with Crippen molar-refractivity contribution in [2.24, 2.45) is 0 Å². The molecule has 17 heavy (non-hydrogen) atoms. The van der Waals surface area contributed by atoms with Gasteiger partial charge in [-0.15, -0.1) is 5.92 Å². The second-order valence-corrected chi connectivity index (χ2v) is 4.37. The van der Waals surface area contributed by atoms with Crippen LogP contribution < -0.4 is 0 Å². The van der Waals surface area contributed by atoms with Crippen LogP contribution in [0.25, 0.3) is 0 Å². The van der Waals surface area contributed by atoms with Crippen LogP contribution in [0.5, 0.6) is 0 Å². The maximum Gasteiger partial charge on any atom is 0.0607 e. The number of aliphatic hydroxyl groups is 1. The summed E-state index contributed by atoms with van der Waals surface area (Å²) >= 11 is 0. The minimum atomic E-state index is 0.198. The smallest absolute Gasteiger partial charge is 0.0607 e. The second-order valence-electron chi connectivity index (χ2n) is 4.37. The Bertz CT molecular complexity index is 430. The number of aliphatic hydroxyl groups excluding tert-OH is 1. The summed E-state index contributed by atoms with van der Waals surface area (Å²) in [5, 5.41) is 9.15. The van der Waals surface area contributed by atoms with Gasteiger partial charge in [0.15, 0.2) is 0 Å². The zero-order valence-electron chi connectivity index (χ0n) is 10.3. The molecule has 0 radical (unpaired) electrons. The van der Waals surface area contributed by atoms with Crippen LogP contribution in [0.15, 0.2) is 24.3 Å². The Morgan fingerprint density at radius 3 is 3.00 bits per heavy atom. The highest BCUT2D eigenvalue weighted by Gasteiger charge is 2.26. The van der Waals surface area contributed by atoms with Crippen LogP contribution in [-0.4, -0.2) is 29.7 Å². The third kappa shape index (κ3) is 2.69. The predicted octanol–water partition coefficient (Wildman–Crippen LogP) is 1.99. The average molecular weight is 229 g/mol. The molecule has 2 nitrogen and oxygen atoms in total. The van der Waals surface area contributed by atoms with E-state index in [1.54, 1.807) is 0 Å². The molecular weight excluding hydrogens is 210 g/mol. The molecule has 1 aromatic carbocycles. The topological polar surface area (TPSA) is 23.5 Å². The quantitative estimate of drug-likeness (QED) is 0.798. The van der Waals surface area contributed by atoms with Gasteiger partial charge < -0.3 is 5.11 Å². The highest BCUT2D eigenvalue weighted by atomic mass is 16.3. The first-order valence-corrected chi connectivity index (χ1v) is 6.19. The van der Waals surface area contributed by atoms with E-state index in [0.717, 1.165) is 19.4 Å². The zero-order chi connectivity index (χ0) is 12.1. The van der Waals surface area contributed by atoms with E-state index in [4.69, 9.17) is 5.11 Å². The van der Waals surface area contributed by atoms with Gasteiger partial charge in [-0.3, -0.25) is 4.90 Å². The fourth-order valence-corrected chi connectivity index (χ4v) is 2.57. The molecule has 90 valence electrons. The van der Waals surface area contributed by atoms with E-state index in [-0.39, 0.29) is 6.61 Å². The summed E-state index contributed by atoms with van der Waals surface area (Å²) in [6, 6.07) is 9.04. The SMILES string of the molecule is CC#CCN(CCO)C1CCc2ccccc21. The lowest BCUT2D eigenvalue weighted by atomic mass is 10.1. The van der Waals surface area contributed by atoms with E-state index >= 15 is 0 Å². The maximum absolute atomic E-state index is 9.15. The van der Waals surface area contributed by atoms with Crippen molar-refractivity contribution < 1.29 is 5.11 Å². The minimum Gasteiger partial charge on any atom is -0.395 e. The summed E-state index contributed by atoms with van der Waals surface area (Å²) < 4.78 is 0. The molecule has 2 heteroatoms. The largest absolute Gasteiger partial charge is 0.395 e. The standard InChI is InChI=1S/C15H19NO/c1-2-3-10-16(11-12-17)15-9-8-13-6-4-5-7-14(13)15/h4-7,15,17H,8-12H2,1H3. The summed E-state index contributed by atoms with van der Waals surface area (Å²) in [4.78, 5) is 2.28. The van der Waals surface area contributed by atoms with E-state index in [1.165, 1.54) is 11.1 Å². The molecular formula is C15H19NO. The van der Waals surface area contributed by atoms with Crippen molar-refractivity contribution in [3.63, 3.8) is 0 Å². The van der Waals surface area contributed by atoms with Gasteiger partial charge in [-0.25, -0.2) is 0 Å². The first-order valence-electron chi connectivity index (χ1n) is 6.19. The lowest BCUT2D eigenvalue weighted by molar-refractivity contribution is 0.166. The Morgan fingerprint density at radius 2 is 2.24 bits per heavy atom. The molecule has 1 N–H and O–H groups in total. The van der Waals surface area contributed by atoms with E-state index in [0.29, 0.717) is 12.6 Å². The molecule has 0 fully saturated rings. The molecule has 1 aliphatic rings. The van der Waals surface area contributed by atoms with Gasteiger partial charge in [0.2, 0.25) is 0 Å². The summed E-state index contributed by atoms with van der Waals surface area (Å²) in [7, 11) is 0. The van der Waals surface area contributed by atoms with Crippen LogP contribution in [0.1, 0.15) is 30.5 Å². The van der Waals surface area contributed by atoms with E-state index < -0.39 is 0 Å². The van der Waals surface area contributed by atoms with Crippen molar-refractivity contribution in [3.8, 4) is 11.8 Å². The van der Waals surface area contributed by atoms with Gasteiger partial charge in [-0.2, -0.15) is 0 Å². The third-order valence-electron chi connectivity index (χ3n) is 3.39. The van der Waals surface area contributed by atoms with Crippen molar-refractivity contribution in [2.45, 2.75) is 25.8 Å². The van der Waals surface area contributed by atoms with Crippen LogP contribution in [0.4, 0.5) is 0 Å². The van der Waals surface area contributed by atoms with Crippen LogP contribution in [0.2, 0.25) is 0 Å². The van der Waals surface area contributed by atoms with Gasteiger partial charge in [0.05, 0.1) is 13.2 Å². The second kappa shape index (κ2) is 5.86. The van der Waals surface area contributed by atoms with Gasteiger partial charge >= 0.3 is 0 Å². The molecule has 0 aliphatic heterocycles. The maximum atomic E-state index is 9.15. The van der Waals surface area contributed by atoms with Crippen molar-refractivity contribution in [3.05, 3.63) is 35.4 Å². The van der Waals surface area contributed by atoms with Gasteiger partial charge in [0.25, 0.3) is 0 Å². The van der Waals surface area contributed by atoms with Crippen molar-refractivity contribution in [1.82, 2.24) is 4.90 Å². The molecule has 0 amide bonds. The van der Waals surface area contributed by atoms with Crippen molar-refractivity contribution in [2.75, 3.05) is 19.7 Å². The van der Waals surface area contributed by atoms with Crippen LogP contribution in [-0.2, 0) is 6.42 Å². The van der Waals surface area contributed by atoms with Crippen molar-refractivity contribution in [1.29, 1.82) is 0 Å². The predicted molar refractivity (Wildman–Crippen MR) is 69.6 cm³/mol. The number of rotatable bonds is 4. The highest BCUT2D eigenvalue weighted by Crippen LogP contribution is 2.35. The Hall–Kier alpha value is -1.30. The zero-order valence-corrected chi connectivity index (χ0v) is 10.3. The number of hydrogen-bond acceptors (Lipinski definition) is 2. The molecule has 0 saturated heterocycles. The Balaban J connectivity index is 2.17. The number of aryl methyl sites for hydroxylation is 1.